The maximum absolute atomic E-state index is 13.6. The molecule has 0 radical (unpaired) electrons. The van der Waals surface area contributed by atoms with Gasteiger partial charge in [-0.15, -0.1) is 10.2 Å². The van der Waals surface area contributed by atoms with Crippen LogP contribution in [0.15, 0.2) is 95.7 Å². The van der Waals surface area contributed by atoms with E-state index in [0.29, 0.717) is 22.4 Å². The Morgan fingerprint density at radius 3 is 2.23 bits per heavy atom. The number of benzene rings is 4. The first-order chi connectivity index (χ1) is 18.9. The van der Waals surface area contributed by atoms with Crippen molar-refractivity contribution in [1.29, 1.82) is 0 Å². The third-order valence-corrected chi connectivity index (χ3v) is 6.49. The van der Waals surface area contributed by atoms with Crippen LogP contribution < -0.4 is 0 Å². The lowest BCUT2D eigenvalue weighted by Crippen LogP contribution is -2.05. The molecule has 0 unspecified atom stereocenters. The average molecular weight is 544 g/mol. The van der Waals surface area contributed by atoms with Gasteiger partial charge in [-0.25, -0.2) is 0 Å². The largest absolute Gasteiger partial charge is 0.508 e. The number of aliphatic hydroxyl groups is 1. The van der Waals surface area contributed by atoms with E-state index in [1.54, 1.807) is 48.5 Å². The second-order valence-electron chi connectivity index (χ2n) is 9.48. The summed E-state index contributed by atoms with van der Waals surface area (Å²) in [5.41, 5.74) is 2.93. The van der Waals surface area contributed by atoms with Gasteiger partial charge in [0.1, 0.15) is 11.4 Å². The summed E-state index contributed by atoms with van der Waals surface area (Å²) in [6.45, 7) is 7.22. The lowest BCUT2D eigenvalue weighted by Gasteiger charge is -2.11. The van der Waals surface area contributed by atoms with Crippen molar-refractivity contribution in [2.24, 2.45) is 10.2 Å². The van der Waals surface area contributed by atoms with Gasteiger partial charge in [-0.1, -0.05) is 43.0 Å². The smallest absolute Gasteiger partial charge is 0.416 e. The zero-order chi connectivity index (χ0) is 28.8. The van der Waals surface area contributed by atoms with E-state index in [2.05, 4.69) is 16.8 Å². The molecule has 0 saturated heterocycles. The lowest BCUT2D eigenvalue weighted by molar-refractivity contribution is -0.137. The molecule has 0 spiro atoms. The van der Waals surface area contributed by atoms with Gasteiger partial charge in [0.15, 0.2) is 11.4 Å². The Hall–Kier alpha value is -5.05. The van der Waals surface area contributed by atoms with Crippen LogP contribution in [0.5, 0.6) is 11.6 Å². The van der Waals surface area contributed by atoms with Crippen LogP contribution in [0.25, 0.3) is 33.5 Å². The number of hydrogen-bond donors (Lipinski definition) is 3. The monoisotopic (exact) mass is 543 g/mol. The highest BCUT2D eigenvalue weighted by Crippen LogP contribution is 2.45. The summed E-state index contributed by atoms with van der Waals surface area (Å²) in [5, 5.41) is 40.5. The van der Waals surface area contributed by atoms with Crippen LogP contribution in [-0.4, -0.2) is 19.9 Å². The van der Waals surface area contributed by atoms with Gasteiger partial charge in [0.05, 0.1) is 11.1 Å². The minimum Gasteiger partial charge on any atom is -0.508 e. The molecule has 1 heterocycles. The number of alkyl halides is 3. The minimum absolute atomic E-state index is 0.0498. The maximum Gasteiger partial charge on any atom is 0.416 e. The number of rotatable bonds is 5. The van der Waals surface area contributed by atoms with Crippen molar-refractivity contribution in [2.75, 3.05) is 0 Å². The van der Waals surface area contributed by atoms with Crippen molar-refractivity contribution >= 4 is 28.0 Å². The number of aromatic nitrogens is 1. The number of phenolic OH excluding ortho intramolecular Hbond substituents is 1. The Kier molecular flexibility index (Phi) is 6.59. The van der Waals surface area contributed by atoms with Crippen molar-refractivity contribution in [1.82, 2.24) is 4.57 Å². The summed E-state index contributed by atoms with van der Waals surface area (Å²) in [7, 11) is 0. The summed E-state index contributed by atoms with van der Waals surface area (Å²) in [6.07, 6.45) is -4.59. The molecule has 6 nitrogen and oxygen atoms in total. The molecule has 3 N–H and O–H groups in total. The molecule has 5 aromatic rings. The molecule has 40 heavy (non-hydrogen) atoms. The van der Waals surface area contributed by atoms with Crippen LogP contribution in [0.1, 0.15) is 22.3 Å². The van der Waals surface area contributed by atoms with E-state index < -0.39 is 17.6 Å². The Balaban J connectivity index is 1.66. The van der Waals surface area contributed by atoms with Crippen molar-refractivity contribution in [3.05, 3.63) is 108 Å². The third-order valence-electron chi connectivity index (χ3n) is 6.49. The first-order valence-corrected chi connectivity index (χ1v) is 12.2. The van der Waals surface area contributed by atoms with Crippen LogP contribution in [0.3, 0.4) is 0 Å². The molecular formula is C31H24F3N3O3. The normalized spacial score (nSPS) is 11.9. The molecule has 0 atom stereocenters. The van der Waals surface area contributed by atoms with Gasteiger partial charge in [-0.05, 0) is 73.0 Å². The van der Waals surface area contributed by atoms with Crippen molar-refractivity contribution in [2.45, 2.75) is 20.0 Å². The van der Waals surface area contributed by atoms with Gasteiger partial charge < -0.3 is 15.3 Å². The summed E-state index contributed by atoms with van der Waals surface area (Å²) < 4.78 is 42.1. The van der Waals surface area contributed by atoms with E-state index in [-0.39, 0.29) is 33.8 Å². The first-order valence-electron chi connectivity index (χ1n) is 12.2. The zero-order valence-electron chi connectivity index (χ0n) is 21.5. The molecule has 0 fully saturated rings. The zero-order valence-corrected chi connectivity index (χ0v) is 21.5. The van der Waals surface area contributed by atoms with Gasteiger partial charge in [-0.2, -0.15) is 13.2 Å². The van der Waals surface area contributed by atoms with Crippen molar-refractivity contribution in [3.8, 4) is 28.4 Å². The number of halogens is 3. The standard InChI is InChI=1S/C31H24F3N3O3/c1-17-12-18(2)14-23(13-17)37-27-16-22(31(32,33)34)10-11-25(27)28(30(37)40)36-35-26-9-5-8-24(29(26)39)21-7-4-6-20(15-21)19(3)38/h4-16,38-40H,3H2,1-2H3. The van der Waals surface area contributed by atoms with E-state index in [1.165, 1.54) is 16.7 Å². The molecule has 0 saturated carbocycles. The van der Waals surface area contributed by atoms with Gasteiger partial charge in [0, 0.05) is 22.2 Å². The first kappa shape index (κ1) is 26.6. The van der Waals surface area contributed by atoms with E-state index in [4.69, 9.17) is 0 Å². The second kappa shape index (κ2) is 9.92. The molecule has 5 rings (SSSR count). The average Bonchev–Trinajstić information content (AvgIpc) is 3.17. The summed E-state index contributed by atoms with van der Waals surface area (Å²) >= 11 is 0. The number of nitrogens with zero attached hydrogens (tertiary/aromatic N) is 3. The Morgan fingerprint density at radius 1 is 0.850 bits per heavy atom. The number of phenols is 1. The third kappa shape index (κ3) is 4.89. The summed E-state index contributed by atoms with van der Waals surface area (Å²) in [5.74, 6) is -0.724. The number of aromatic hydroxyl groups is 2. The van der Waals surface area contributed by atoms with Gasteiger partial charge >= 0.3 is 6.18 Å². The molecule has 9 heteroatoms. The van der Waals surface area contributed by atoms with Gasteiger partial charge in [0.25, 0.3) is 0 Å². The van der Waals surface area contributed by atoms with Crippen LogP contribution >= 0.6 is 0 Å². The Morgan fingerprint density at radius 2 is 1.55 bits per heavy atom. The van der Waals surface area contributed by atoms with Crippen LogP contribution in [0.4, 0.5) is 24.5 Å². The van der Waals surface area contributed by atoms with Crippen LogP contribution in [0.2, 0.25) is 0 Å². The Bertz CT molecular complexity index is 1800. The predicted molar refractivity (Wildman–Crippen MR) is 149 cm³/mol. The molecule has 0 aliphatic heterocycles. The molecule has 0 aliphatic rings. The quantitative estimate of drug-likeness (QED) is 0.152. The topological polar surface area (TPSA) is 90.3 Å². The lowest BCUT2D eigenvalue weighted by atomic mass is 10.0. The van der Waals surface area contributed by atoms with Gasteiger partial charge in [0.2, 0.25) is 5.88 Å². The molecule has 202 valence electrons. The number of aryl methyl sites for hydroxylation is 2. The number of fused-ring (bicyclic) bond motifs is 1. The molecule has 0 aliphatic carbocycles. The van der Waals surface area contributed by atoms with Crippen molar-refractivity contribution in [3.63, 3.8) is 0 Å². The maximum atomic E-state index is 13.6. The van der Waals surface area contributed by atoms with E-state index in [9.17, 15) is 28.5 Å². The van der Waals surface area contributed by atoms with Crippen molar-refractivity contribution < 1.29 is 28.5 Å². The van der Waals surface area contributed by atoms with E-state index in [0.717, 1.165) is 23.3 Å². The van der Waals surface area contributed by atoms with Crippen LogP contribution in [-0.2, 0) is 6.18 Å². The minimum atomic E-state index is -4.59. The second-order valence-corrected chi connectivity index (χ2v) is 9.48. The van der Waals surface area contributed by atoms with Gasteiger partial charge in [-0.3, -0.25) is 4.57 Å². The molecule has 0 bridgehead atoms. The molecule has 0 amide bonds. The fourth-order valence-corrected chi connectivity index (χ4v) is 4.69. The Labute approximate surface area is 227 Å². The summed E-state index contributed by atoms with van der Waals surface area (Å²) in [4.78, 5) is 0. The highest BCUT2D eigenvalue weighted by atomic mass is 19.4. The van der Waals surface area contributed by atoms with E-state index in [1.807, 2.05) is 19.9 Å². The van der Waals surface area contributed by atoms with Crippen LogP contribution in [0, 0.1) is 13.8 Å². The molecule has 1 aromatic heterocycles. The fraction of sp³-hybridized carbons (Fsp3) is 0.0968. The molecular weight excluding hydrogens is 519 g/mol. The SMILES string of the molecule is C=C(O)c1cccc(-c2cccc(N=Nc3c(O)n(-c4cc(C)cc(C)c4)c4cc(C(F)(F)F)ccc34)c2O)c1. The summed E-state index contributed by atoms with van der Waals surface area (Å²) in [6, 6.07) is 20.1. The fourth-order valence-electron chi connectivity index (χ4n) is 4.69. The number of para-hydroxylation sites is 1. The van der Waals surface area contributed by atoms with E-state index >= 15 is 0 Å². The highest BCUT2D eigenvalue weighted by Gasteiger charge is 2.32. The predicted octanol–water partition coefficient (Wildman–Crippen LogP) is 9.29. The number of hydrogen-bond acceptors (Lipinski definition) is 5. The number of aliphatic hydroxyl groups excluding tert-OH is 1. The molecule has 4 aromatic carbocycles. The highest BCUT2D eigenvalue weighted by molar-refractivity contribution is 5.97. The number of azo groups is 1.